The Morgan fingerprint density at radius 2 is 2.00 bits per heavy atom. The average Bonchev–Trinajstić information content (AvgIpc) is 3.35. The second-order valence-corrected chi connectivity index (χ2v) is 10.7. The molecule has 2 bridgehead atoms. The van der Waals surface area contributed by atoms with E-state index in [0.717, 1.165) is 30.5 Å². The van der Waals surface area contributed by atoms with Crippen molar-refractivity contribution in [1.82, 2.24) is 14.9 Å². The summed E-state index contributed by atoms with van der Waals surface area (Å²) >= 11 is 0. The van der Waals surface area contributed by atoms with E-state index in [2.05, 4.69) is 28.6 Å². The third-order valence-electron chi connectivity index (χ3n) is 7.20. The molecule has 3 saturated carbocycles. The summed E-state index contributed by atoms with van der Waals surface area (Å²) in [4.78, 5) is 12.5. The van der Waals surface area contributed by atoms with Crippen LogP contribution in [-0.4, -0.2) is 32.6 Å². The number of hydrogen-bond acceptors (Lipinski definition) is 7. The minimum absolute atomic E-state index is 0.155. The van der Waals surface area contributed by atoms with Crippen molar-refractivity contribution >= 4 is 17.6 Å². The first kappa shape index (κ1) is 22.2. The molecule has 9 heteroatoms. The molecule has 0 unspecified atom stereocenters. The smallest absolute Gasteiger partial charge is 0.231 e. The average molecular weight is 461 g/mol. The maximum atomic E-state index is 12.5. The molecular weight excluding hydrogens is 432 g/mol. The maximum Gasteiger partial charge on any atom is 0.231 e. The van der Waals surface area contributed by atoms with E-state index in [1.54, 1.807) is 26.0 Å². The Labute approximate surface area is 197 Å². The van der Waals surface area contributed by atoms with E-state index in [1.165, 1.54) is 4.68 Å². The fourth-order valence-electron chi connectivity index (χ4n) is 5.57. The molecule has 0 spiro atoms. The maximum absolute atomic E-state index is 12.5. The number of nitriles is 1. The van der Waals surface area contributed by atoms with E-state index < -0.39 is 5.54 Å². The number of nitrogen functional groups attached to an aromatic ring is 1. The molecule has 9 nitrogen and oxygen atoms in total. The van der Waals surface area contributed by atoms with Gasteiger partial charge in [-0.2, -0.15) is 10.4 Å². The molecule has 4 N–H and O–H groups in total. The summed E-state index contributed by atoms with van der Waals surface area (Å²) in [6.45, 7) is 5.69. The lowest BCUT2D eigenvalue weighted by molar-refractivity contribution is -0.129. The molecule has 34 heavy (non-hydrogen) atoms. The molecule has 1 aromatic carbocycles. The van der Waals surface area contributed by atoms with Crippen LogP contribution in [0.25, 0.3) is 11.3 Å². The molecule has 3 aromatic rings. The molecule has 3 fully saturated rings. The fourth-order valence-corrected chi connectivity index (χ4v) is 5.57. The minimum atomic E-state index is -0.747. The normalized spacial score (nSPS) is 23.0. The molecule has 2 aromatic heterocycles. The molecule has 0 saturated heterocycles. The van der Waals surface area contributed by atoms with E-state index >= 15 is 0 Å². The number of aliphatic hydroxyl groups is 1. The minimum Gasteiger partial charge on any atom is -0.394 e. The highest BCUT2D eigenvalue weighted by atomic mass is 16.5. The Balaban J connectivity index is 1.26. The number of rotatable bonds is 7. The van der Waals surface area contributed by atoms with E-state index in [9.17, 15) is 15.2 Å². The number of benzene rings is 1. The Kier molecular flexibility index (Phi) is 4.85. The summed E-state index contributed by atoms with van der Waals surface area (Å²) in [5, 5.41) is 30.7. The van der Waals surface area contributed by atoms with Gasteiger partial charge in [-0.1, -0.05) is 36.3 Å². The number of nitrogens with one attached hydrogen (secondary N) is 1. The number of carbonyl (C=O) groups excluding carboxylic acids is 1. The first-order valence-corrected chi connectivity index (χ1v) is 11.3. The van der Waals surface area contributed by atoms with Crippen molar-refractivity contribution < 1.29 is 14.4 Å². The van der Waals surface area contributed by atoms with E-state index in [0.29, 0.717) is 22.6 Å². The molecule has 3 aliphatic rings. The number of amides is 1. The third kappa shape index (κ3) is 3.46. The highest BCUT2D eigenvalue weighted by Crippen LogP contribution is 2.73. The van der Waals surface area contributed by atoms with Crippen LogP contribution in [0.5, 0.6) is 0 Å². The Bertz CT molecular complexity index is 1290. The van der Waals surface area contributed by atoms with Gasteiger partial charge >= 0.3 is 0 Å². The van der Waals surface area contributed by atoms with Crippen molar-refractivity contribution in [2.24, 2.45) is 5.41 Å². The lowest BCUT2D eigenvalue weighted by atomic mass is 9.35. The van der Waals surface area contributed by atoms with Gasteiger partial charge < -0.3 is 15.4 Å². The van der Waals surface area contributed by atoms with Crippen LogP contribution in [-0.2, 0) is 22.2 Å². The van der Waals surface area contributed by atoms with Gasteiger partial charge in [-0.25, -0.2) is 4.68 Å². The van der Waals surface area contributed by atoms with Gasteiger partial charge in [0.1, 0.15) is 23.1 Å². The lowest BCUT2D eigenvalue weighted by Gasteiger charge is -2.68. The summed E-state index contributed by atoms with van der Waals surface area (Å²) in [6, 6.07) is 11.2. The Morgan fingerprint density at radius 1 is 1.32 bits per heavy atom. The van der Waals surface area contributed by atoms with Gasteiger partial charge in [0.2, 0.25) is 11.8 Å². The summed E-state index contributed by atoms with van der Waals surface area (Å²) in [6.07, 6.45) is 3.59. The number of nitrogens with zero attached hydrogens (tertiary/aromatic N) is 4. The summed E-state index contributed by atoms with van der Waals surface area (Å²) in [7, 11) is 0. The highest BCUT2D eigenvalue weighted by molar-refractivity contribution is 5.91. The van der Waals surface area contributed by atoms with Crippen LogP contribution in [0, 0.1) is 16.7 Å². The summed E-state index contributed by atoms with van der Waals surface area (Å²) in [5.41, 5.74) is 9.15. The SMILES string of the molecule is CC12CC(c3cc(NC(=O)Cc4ccc(-c5nn(C(C)(C)CO)c(N)c5C#N)cc4)on3)(C1)C2. The molecule has 0 atom stereocenters. The molecule has 2 heterocycles. The quantitative estimate of drug-likeness (QED) is 0.490. The zero-order valence-electron chi connectivity index (χ0n) is 19.6. The van der Waals surface area contributed by atoms with Crippen molar-refractivity contribution in [3.63, 3.8) is 0 Å². The summed E-state index contributed by atoms with van der Waals surface area (Å²) in [5.74, 6) is 0.382. The fraction of sp³-hybridized carbons (Fsp3) is 0.440. The van der Waals surface area contributed by atoms with Crippen LogP contribution in [0.1, 0.15) is 56.9 Å². The predicted octanol–water partition coefficient (Wildman–Crippen LogP) is 3.34. The molecule has 0 radical (unpaired) electrons. The molecule has 3 aliphatic carbocycles. The molecule has 6 rings (SSSR count). The van der Waals surface area contributed by atoms with Crippen LogP contribution in [0.4, 0.5) is 11.7 Å². The van der Waals surface area contributed by atoms with Crippen LogP contribution in [0.3, 0.4) is 0 Å². The van der Waals surface area contributed by atoms with Gasteiger partial charge in [-0.15, -0.1) is 0 Å². The monoisotopic (exact) mass is 460 g/mol. The van der Waals surface area contributed by atoms with Gasteiger partial charge in [0.05, 0.1) is 24.3 Å². The highest BCUT2D eigenvalue weighted by Gasteiger charge is 2.66. The van der Waals surface area contributed by atoms with E-state index in [1.807, 2.05) is 18.2 Å². The Hall–Kier alpha value is -3.64. The largest absolute Gasteiger partial charge is 0.394 e. The van der Waals surface area contributed by atoms with Gasteiger partial charge in [0, 0.05) is 17.0 Å². The van der Waals surface area contributed by atoms with Crippen molar-refractivity contribution in [2.75, 3.05) is 17.7 Å². The second-order valence-electron chi connectivity index (χ2n) is 10.7. The van der Waals surface area contributed by atoms with Gasteiger partial charge in [-0.05, 0) is 44.1 Å². The first-order valence-electron chi connectivity index (χ1n) is 11.3. The van der Waals surface area contributed by atoms with Crippen molar-refractivity contribution in [2.45, 2.75) is 57.4 Å². The van der Waals surface area contributed by atoms with Gasteiger partial charge in [-0.3, -0.25) is 10.1 Å². The number of aliphatic hydroxyl groups excluding tert-OH is 1. The zero-order chi connectivity index (χ0) is 24.3. The van der Waals surface area contributed by atoms with Crippen LogP contribution < -0.4 is 11.1 Å². The molecular formula is C25H28N6O3. The number of nitrogens with two attached hydrogens (primary N) is 1. The number of carbonyl (C=O) groups is 1. The van der Waals surface area contributed by atoms with E-state index in [-0.39, 0.29) is 35.7 Å². The summed E-state index contributed by atoms with van der Waals surface area (Å²) < 4.78 is 6.83. The first-order chi connectivity index (χ1) is 16.1. The lowest BCUT2D eigenvalue weighted by Crippen LogP contribution is -2.62. The van der Waals surface area contributed by atoms with Crippen molar-refractivity contribution in [1.29, 1.82) is 5.26 Å². The molecule has 176 valence electrons. The van der Waals surface area contributed by atoms with Crippen molar-refractivity contribution in [3.8, 4) is 17.3 Å². The van der Waals surface area contributed by atoms with Crippen LogP contribution >= 0.6 is 0 Å². The van der Waals surface area contributed by atoms with Gasteiger partial charge in [0.25, 0.3) is 0 Å². The standard InChI is InChI=1S/C25H28N6O3/c1-23(2,14-32)31-22(27)17(10-26)21(29-31)16-6-4-15(5-7-16)8-19(33)28-20-9-18(30-34-20)25-11-24(3,12-25)13-25/h4-7,9,32H,8,11-14,27H2,1-3H3,(H,28,33). The number of aromatic nitrogens is 3. The predicted molar refractivity (Wildman–Crippen MR) is 126 cm³/mol. The van der Waals surface area contributed by atoms with Gasteiger partial charge in [0.15, 0.2) is 0 Å². The van der Waals surface area contributed by atoms with E-state index in [4.69, 9.17) is 10.3 Å². The third-order valence-corrected chi connectivity index (χ3v) is 7.20. The number of anilines is 2. The topological polar surface area (TPSA) is 143 Å². The van der Waals surface area contributed by atoms with Crippen LogP contribution in [0.15, 0.2) is 34.9 Å². The molecule has 0 aliphatic heterocycles. The molecule has 1 amide bonds. The second kappa shape index (κ2) is 7.43. The Morgan fingerprint density at radius 3 is 2.59 bits per heavy atom. The zero-order valence-corrected chi connectivity index (χ0v) is 19.6. The van der Waals surface area contributed by atoms with Crippen LogP contribution in [0.2, 0.25) is 0 Å². The van der Waals surface area contributed by atoms with Crippen molar-refractivity contribution in [3.05, 3.63) is 47.2 Å². The number of hydrogen-bond donors (Lipinski definition) is 3.